The van der Waals surface area contributed by atoms with Crippen LogP contribution in [-0.2, 0) is 18.6 Å². The van der Waals surface area contributed by atoms with E-state index in [1.165, 1.54) is 0 Å². The fraction of sp³-hybridized carbons (Fsp3) is 0.900. The van der Waals surface area contributed by atoms with Crippen LogP contribution < -0.4 is 5.73 Å². The van der Waals surface area contributed by atoms with Gasteiger partial charge in [0, 0.05) is 0 Å². The third kappa shape index (κ3) is 8.18. The van der Waals surface area contributed by atoms with Crippen molar-refractivity contribution in [2.24, 2.45) is 11.7 Å². The van der Waals surface area contributed by atoms with Gasteiger partial charge in [-0.2, -0.15) is 0 Å². The van der Waals surface area contributed by atoms with E-state index in [9.17, 15) is 9.36 Å². The Morgan fingerprint density at radius 2 is 1.88 bits per heavy atom. The van der Waals surface area contributed by atoms with Crippen molar-refractivity contribution in [3.05, 3.63) is 0 Å². The van der Waals surface area contributed by atoms with E-state index in [4.69, 9.17) is 15.0 Å². The van der Waals surface area contributed by atoms with Crippen LogP contribution in [0, 0.1) is 5.92 Å². The molecule has 0 amide bonds. The third-order valence-corrected chi connectivity index (χ3v) is 3.37. The van der Waals surface area contributed by atoms with Crippen LogP contribution in [0.5, 0.6) is 0 Å². The molecule has 0 aliphatic carbocycles. The van der Waals surface area contributed by atoms with Gasteiger partial charge in [-0.15, -0.1) is 0 Å². The van der Waals surface area contributed by atoms with Gasteiger partial charge < -0.3 is 15.2 Å². The topological polar surface area (TPSA) is 87.9 Å². The van der Waals surface area contributed by atoms with E-state index < -0.39 is 32.4 Å². The summed E-state index contributed by atoms with van der Waals surface area (Å²) in [5, 5.41) is 0. The van der Waals surface area contributed by atoms with Crippen molar-refractivity contribution in [1.29, 1.82) is 0 Å². The Kier molecular flexibility index (Phi) is 6.75. The fourth-order valence-corrected chi connectivity index (χ4v) is 1.70. The Labute approximate surface area is 103 Å². The highest BCUT2D eigenvalue weighted by atomic mass is 31.1. The Bertz CT molecular complexity index is 274. The quantitative estimate of drug-likeness (QED) is 0.467. The first-order valence-electron chi connectivity index (χ1n) is 5.41. The Morgan fingerprint density at radius 3 is 2.29 bits per heavy atom. The van der Waals surface area contributed by atoms with E-state index in [1.807, 2.05) is 13.8 Å². The van der Waals surface area contributed by atoms with Crippen LogP contribution in [0.25, 0.3) is 0 Å². The van der Waals surface area contributed by atoms with E-state index in [0.29, 0.717) is 0 Å². The number of rotatable bonds is 5. The van der Waals surface area contributed by atoms with Crippen LogP contribution in [0.3, 0.4) is 0 Å². The zero-order valence-corrected chi connectivity index (χ0v) is 12.0. The molecule has 0 aromatic carbocycles. The summed E-state index contributed by atoms with van der Waals surface area (Å²) in [5.41, 5.74) is 4.99. The Hall–Kier alpha value is -0.580. The SMILES string of the molecule is CC(C)[C@@H](N)[PH](=O)OCOC(=O)OC(C)(C)C. The summed E-state index contributed by atoms with van der Waals surface area (Å²) < 4.78 is 25.8. The van der Waals surface area contributed by atoms with Crippen LogP contribution in [-0.4, -0.2) is 24.3 Å². The van der Waals surface area contributed by atoms with Crippen molar-refractivity contribution < 1.29 is 23.4 Å². The van der Waals surface area contributed by atoms with Crippen molar-refractivity contribution in [3.8, 4) is 0 Å². The lowest BCUT2D eigenvalue weighted by atomic mass is 10.2. The van der Waals surface area contributed by atoms with Crippen LogP contribution in [0.4, 0.5) is 4.79 Å². The zero-order valence-electron chi connectivity index (χ0n) is 11.0. The molecule has 2 atom stereocenters. The molecule has 0 heterocycles. The molecule has 0 bridgehead atoms. The first kappa shape index (κ1) is 16.4. The molecule has 0 aromatic heterocycles. The number of nitrogens with two attached hydrogens (primary N) is 1. The molecule has 0 spiro atoms. The minimum Gasteiger partial charge on any atom is -0.429 e. The van der Waals surface area contributed by atoms with Crippen molar-refractivity contribution in [2.75, 3.05) is 6.79 Å². The molecule has 1 unspecified atom stereocenters. The first-order valence-corrected chi connectivity index (χ1v) is 6.81. The van der Waals surface area contributed by atoms with Crippen LogP contribution in [0.2, 0.25) is 0 Å². The van der Waals surface area contributed by atoms with Crippen molar-refractivity contribution >= 4 is 14.2 Å². The lowest BCUT2D eigenvalue weighted by Crippen LogP contribution is -2.25. The summed E-state index contributed by atoms with van der Waals surface area (Å²) in [6.07, 6.45) is -0.856. The lowest BCUT2D eigenvalue weighted by molar-refractivity contribution is -0.0347. The van der Waals surface area contributed by atoms with Crippen molar-refractivity contribution in [3.63, 3.8) is 0 Å². The summed E-state index contributed by atoms with van der Waals surface area (Å²) in [6, 6.07) is 0. The predicted octanol–water partition coefficient (Wildman–Crippen LogP) is 2.33. The zero-order chi connectivity index (χ0) is 13.6. The number of carbonyl (C=O) groups is 1. The average Bonchev–Trinajstić information content (AvgIpc) is 2.13. The van der Waals surface area contributed by atoms with Gasteiger partial charge in [-0.3, -0.25) is 9.09 Å². The molecule has 0 aliphatic heterocycles. The van der Waals surface area contributed by atoms with Gasteiger partial charge in [0.15, 0.2) is 0 Å². The molecule has 0 aromatic rings. The molecule has 2 N–H and O–H groups in total. The predicted molar refractivity (Wildman–Crippen MR) is 65.1 cm³/mol. The maximum atomic E-state index is 11.5. The second-order valence-corrected chi connectivity index (χ2v) is 6.55. The molecule has 0 rings (SSSR count). The van der Waals surface area contributed by atoms with Gasteiger partial charge in [0.05, 0.1) is 5.78 Å². The third-order valence-electron chi connectivity index (χ3n) is 1.76. The molecule has 0 aliphatic rings. The van der Waals surface area contributed by atoms with Crippen molar-refractivity contribution in [2.45, 2.75) is 46.0 Å². The molecular formula is C10H22NO5P. The monoisotopic (exact) mass is 267 g/mol. The van der Waals surface area contributed by atoms with Crippen LogP contribution in [0.1, 0.15) is 34.6 Å². The maximum Gasteiger partial charge on any atom is 0.510 e. The minimum absolute atomic E-state index is 0.0444. The van der Waals surface area contributed by atoms with E-state index in [2.05, 4.69) is 4.74 Å². The highest BCUT2D eigenvalue weighted by Crippen LogP contribution is 2.30. The number of ether oxygens (including phenoxy) is 2. The summed E-state index contributed by atoms with van der Waals surface area (Å²) >= 11 is 0. The van der Waals surface area contributed by atoms with Gasteiger partial charge in [-0.25, -0.2) is 4.79 Å². The summed E-state index contributed by atoms with van der Waals surface area (Å²) in [4.78, 5) is 11.1. The van der Waals surface area contributed by atoms with E-state index in [-0.39, 0.29) is 5.92 Å². The van der Waals surface area contributed by atoms with E-state index >= 15 is 0 Å². The van der Waals surface area contributed by atoms with Gasteiger partial charge in [0.25, 0.3) is 0 Å². The number of carbonyl (C=O) groups excluding carboxylic acids is 1. The molecule has 17 heavy (non-hydrogen) atoms. The first-order chi connectivity index (χ1) is 7.63. The molecule has 7 heteroatoms. The highest BCUT2D eigenvalue weighted by molar-refractivity contribution is 7.39. The second kappa shape index (κ2) is 6.99. The largest absolute Gasteiger partial charge is 0.510 e. The summed E-state index contributed by atoms with van der Waals surface area (Å²) in [6.45, 7) is 8.41. The lowest BCUT2D eigenvalue weighted by Gasteiger charge is -2.19. The molecule has 6 nitrogen and oxygen atoms in total. The average molecular weight is 267 g/mol. The van der Waals surface area contributed by atoms with E-state index in [0.717, 1.165) is 0 Å². The van der Waals surface area contributed by atoms with Gasteiger partial charge in [-0.1, -0.05) is 13.8 Å². The maximum absolute atomic E-state index is 11.5. The normalized spacial score (nSPS) is 15.5. The Morgan fingerprint density at radius 1 is 1.35 bits per heavy atom. The molecule has 0 radical (unpaired) electrons. The van der Waals surface area contributed by atoms with E-state index in [1.54, 1.807) is 20.8 Å². The molecular weight excluding hydrogens is 245 g/mol. The van der Waals surface area contributed by atoms with Gasteiger partial charge in [-0.05, 0) is 26.7 Å². The van der Waals surface area contributed by atoms with Crippen LogP contribution >= 0.6 is 8.03 Å². The Balaban J connectivity index is 3.85. The smallest absolute Gasteiger partial charge is 0.429 e. The summed E-state index contributed by atoms with van der Waals surface area (Å²) in [5.74, 6) is -0.495. The number of hydrogen-bond donors (Lipinski definition) is 1. The standard InChI is InChI=1S/C10H22NO5P/c1-7(2)8(11)17(13)15-6-14-9(12)16-10(3,4)5/h7-8,17H,6,11H2,1-5H3/t8-/m0/s1. The molecule has 0 saturated heterocycles. The van der Waals surface area contributed by atoms with Crippen molar-refractivity contribution in [1.82, 2.24) is 0 Å². The molecule has 0 saturated carbocycles. The minimum atomic E-state index is -2.41. The van der Waals surface area contributed by atoms with Gasteiger partial charge in [0.1, 0.15) is 5.60 Å². The summed E-state index contributed by atoms with van der Waals surface area (Å²) in [7, 11) is -2.41. The highest BCUT2D eigenvalue weighted by Gasteiger charge is 2.19. The fourth-order valence-electron chi connectivity index (χ4n) is 0.784. The second-order valence-electron chi connectivity index (χ2n) is 4.96. The number of hydrogen-bond acceptors (Lipinski definition) is 6. The van der Waals surface area contributed by atoms with Gasteiger partial charge in [0.2, 0.25) is 14.8 Å². The molecule has 0 fully saturated rings. The van der Waals surface area contributed by atoms with Gasteiger partial charge >= 0.3 is 6.16 Å². The van der Waals surface area contributed by atoms with Crippen LogP contribution in [0.15, 0.2) is 0 Å². The molecule has 102 valence electrons.